The first-order chi connectivity index (χ1) is 11.2. The number of guanidine groups is 1. The standard InChI is InChI=1S/C16H35N5O2S/c1-7-24(22,23)20(6)10-8-9-18-16(17-5)19-15-12-21(13(2)3)11-14(15)4/h13-15H,7-12H2,1-6H3,(H2,17,18,19). The van der Waals surface area contributed by atoms with Gasteiger partial charge >= 0.3 is 0 Å². The van der Waals surface area contributed by atoms with E-state index in [-0.39, 0.29) is 5.75 Å². The molecule has 142 valence electrons. The highest BCUT2D eigenvalue weighted by atomic mass is 32.2. The number of nitrogens with one attached hydrogen (secondary N) is 2. The quantitative estimate of drug-likeness (QED) is 0.375. The molecule has 1 saturated heterocycles. The van der Waals surface area contributed by atoms with Gasteiger partial charge in [-0.05, 0) is 33.1 Å². The van der Waals surface area contributed by atoms with Crippen LogP contribution in [0.5, 0.6) is 0 Å². The van der Waals surface area contributed by atoms with E-state index in [1.165, 1.54) is 4.31 Å². The Morgan fingerprint density at radius 2 is 2.04 bits per heavy atom. The maximum atomic E-state index is 11.7. The lowest BCUT2D eigenvalue weighted by Gasteiger charge is -2.22. The van der Waals surface area contributed by atoms with Crippen molar-refractivity contribution in [1.29, 1.82) is 0 Å². The van der Waals surface area contributed by atoms with Crippen molar-refractivity contribution >= 4 is 16.0 Å². The smallest absolute Gasteiger partial charge is 0.213 e. The molecule has 2 N–H and O–H groups in total. The summed E-state index contributed by atoms with van der Waals surface area (Å²) in [5.41, 5.74) is 0. The Labute approximate surface area is 147 Å². The lowest BCUT2D eigenvalue weighted by molar-refractivity contribution is 0.265. The molecule has 1 rings (SSSR count). The zero-order valence-electron chi connectivity index (χ0n) is 16.0. The molecule has 7 nitrogen and oxygen atoms in total. The van der Waals surface area contributed by atoms with Crippen molar-refractivity contribution in [1.82, 2.24) is 19.8 Å². The molecule has 0 aromatic rings. The minimum Gasteiger partial charge on any atom is -0.356 e. The summed E-state index contributed by atoms with van der Waals surface area (Å²) in [5.74, 6) is 1.51. The normalized spacial score (nSPS) is 23.2. The molecular formula is C16H35N5O2S. The molecule has 0 spiro atoms. The van der Waals surface area contributed by atoms with Crippen LogP contribution in [-0.4, -0.2) is 81.7 Å². The predicted molar refractivity (Wildman–Crippen MR) is 101 cm³/mol. The summed E-state index contributed by atoms with van der Waals surface area (Å²) in [7, 11) is 0.308. The minimum atomic E-state index is -3.09. The number of aliphatic imine (C=N–C) groups is 1. The summed E-state index contributed by atoms with van der Waals surface area (Å²) in [6.07, 6.45) is 0.745. The fraction of sp³-hybridized carbons (Fsp3) is 0.938. The van der Waals surface area contributed by atoms with Gasteiger partial charge in [0.25, 0.3) is 0 Å². The summed E-state index contributed by atoms with van der Waals surface area (Å²) < 4.78 is 24.8. The van der Waals surface area contributed by atoms with Gasteiger partial charge in [-0.25, -0.2) is 12.7 Å². The Bertz CT molecular complexity index is 507. The molecule has 0 saturated carbocycles. The highest BCUT2D eigenvalue weighted by Crippen LogP contribution is 2.18. The van der Waals surface area contributed by atoms with Gasteiger partial charge in [0.1, 0.15) is 0 Å². The molecule has 1 heterocycles. The number of sulfonamides is 1. The van der Waals surface area contributed by atoms with E-state index in [2.05, 4.69) is 41.3 Å². The number of hydrogen-bond acceptors (Lipinski definition) is 4. The van der Waals surface area contributed by atoms with Crippen molar-refractivity contribution in [3.63, 3.8) is 0 Å². The Kier molecular flexibility index (Phi) is 8.45. The molecule has 0 aromatic carbocycles. The second kappa shape index (κ2) is 9.58. The highest BCUT2D eigenvalue weighted by Gasteiger charge is 2.31. The predicted octanol–water partition coefficient (Wildman–Crippen LogP) is 0.552. The van der Waals surface area contributed by atoms with Crippen LogP contribution in [0.1, 0.15) is 34.1 Å². The zero-order valence-corrected chi connectivity index (χ0v) is 16.9. The van der Waals surface area contributed by atoms with E-state index in [1.54, 1.807) is 21.0 Å². The minimum absolute atomic E-state index is 0.145. The maximum absolute atomic E-state index is 11.7. The number of nitrogens with zero attached hydrogens (tertiary/aromatic N) is 3. The zero-order chi connectivity index (χ0) is 18.3. The van der Waals surface area contributed by atoms with Crippen LogP contribution in [0, 0.1) is 5.92 Å². The summed E-state index contributed by atoms with van der Waals surface area (Å²) in [6, 6.07) is 0.951. The molecule has 0 amide bonds. The van der Waals surface area contributed by atoms with Gasteiger partial charge in [-0.3, -0.25) is 9.89 Å². The van der Waals surface area contributed by atoms with Gasteiger partial charge in [0.15, 0.2) is 5.96 Å². The van der Waals surface area contributed by atoms with Gasteiger partial charge in [-0.1, -0.05) is 6.92 Å². The molecule has 0 aromatic heterocycles. The summed E-state index contributed by atoms with van der Waals surface area (Å²) in [4.78, 5) is 6.75. The van der Waals surface area contributed by atoms with Crippen molar-refractivity contribution in [3.05, 3.63) is 0 Å². The first-order valence-corrected chi connectivity index (χ1v) is 10.5. The SMILES string of the molecule is CCS(=O)(=O)N(C)CCCNC(=NC)NC1CN(C(C)C)CC1C. The lowest BCUT2D eigenvalue weighted by atomic mass is 10.1. The van der Waals surface area contributed by atoms with Crippen molar-refractivity contribution in [2.45, 2.75) is 46.2 Å². The molecule has 1 fully saturated rings. The molecule has 0 bridgehead atoms. The van der Waals surface area contributed by atoms with Crippen LogP contribution in [0.3, 0.4) is 0 Å². The lowest BCUT2D eigenvalue weighted by Crippen LogP contribution is -2.47. The van der Waals surface area contributed by atoms with E-state index >= 15 is 0 Å². The molecule has 1 aliphatic rings. The first-order valence-electron chi connectivity index (χ1n) is 8.86. The van der Waals surface area contributed by atoms with Crippen molar-refractivity contribution in [3.8, 4) is 0 Å². The third-order valence-electron chi connectivity index (χ3n) is 4.70. The Balaban J connectivity index is 2.36. The molecular weight excluding hydrogens is 326 g/mol. The van der Waals surface area contributed by atoms with Gasteiger partial charge in [-0.2, -0.15) is 0 Å². The van der Waals surface area contributed by atoms with Gasteiger partial charge in [0.05, 0.1) is 5.75 Å². The van der Waals surface area contributed by atoms with Gasteiger partial charge < -0.3 is 10.6 Å². The Morgan fingerprint density at radius 3 is 2.54 bits per heavy atom. The van der Waals surface area contributed by atoms with E-state index in [1.807, 2.05) is 0 Å². The fourth-order valence-electron chi connectivity index (χ4n) is 2.85. The van der Waals surface area contributed by atoms with Crippen molar-refractivity contribution in [2.24, 2.45) is 10.9 Å². The van der Waals surface area contributed by atoms with E-state index in [4.69, 9.17) is 0 Å². The summed E-state index contributed by atoms with van der Waals surface area (Å²) >= 11 is 0. The van der Waals surface area contributed by atoms with Crippen LogP contribution in [0.2, 0.25) is 0 Å². The van der Waals surface area contributed by atoms with E-state index < -0.39 is 10.0 Å². The van der Waals surface area contributed by atoms with Gasteiger partial charge in [-0.15, -0.1) is 0 Å². The van der Waals surface area contributed by atoms with Gasteiger partial charge in [0.2, 0.25) is 10.0 Å². The Hall–Kier alpha value is -0.860. The molecule has 1 aliphatic heterocycles. The van der Waals surface area contributed by atoms with Crippen LogP contribution < -0.4 is 10.6 Å². The molecule has 2 atom stereocenters. The number of likely N-dealkylation sites (tertiary alicyclic amines) is 1. The third kappa shape index (κ3) is 6.22. The molecule has 8 heteroatoms. The average molecular weight is 362 g/mol. The van der Waals surface area contributed by atoms with Crippen LogP contribution in [0.25, 0.3) is 0 Å². The number of hydrogen-bond donors (Lipinski definition) is 2. The Morgan fingerprint density at radius 1 is 1.38 bits per heavy atom. The number of rotatable bonds is 8. The third-order valence-corrected chi connectivity index (χ3v) is 6.56. The largest absolute Gasteiger partial charge is 0.356 e. The fourth-order valence-corrected chi connectivity index (χ4v) is 3.70. The van der Waals surface area contributed by atoms with Crippen LogP contribution >= 0.6 is 0 Å². The molecule has 24 heavy (non-hydrogen) atoms. The summed E-state index contributed by atoms with van der Waals surface area (Å²) in [5, 5.41) is 6.78. The van der Waals surface area contributed by atoms with E-state index in [0.29, 0.717) is 31.1 Å². The second-order valence-corrected chi connectivity index (χ2v) is 9.21. The highest BCUT2D eigenvalue weighted by molar-refractivity contribution is 7.89. The van der Waals surface area contributed by atoms with Crippen LogP contribution in [0.15, 0.2) is 4.99 Å². The first kappa shape index (κ1) is 21.2. The monoisotopic (exact) mass is 361 g/mol. The summed E-state index contributed by atoms with van der Waals surface area (Å²) in [6.45, 7) is 11.7. The van der Waals surface area contributed by atoms with E-state index in [0.717, 1.165) is 25.5 Å². The van der Waals surface area contributed by atoms with E-state index in [9.17, 15) is 8.42 Å². The topological polar surface area (TPSA) is 77.0 Å². The van der Waals surface area contributed by atoms with Crippen LogP contribution in [0.4, 0.5) is 0 Å². The van der Waals surface area contributed by atoms with Gasteiger partial charge in [0, 0.05) is 52.4 Å². The second-order valence-electron chi connectivity index (χ2n) is 6.85. The molecule has 0 aliphatic carbocycles. The van der Waals surface area contributed by atoms with Crippen molar-refractivity contribution < 1.29 is 8.42 Å². The van der Waals surface area contributed by atoms with Crippen LogP contribution in [-0.2, 0) is 10.0 Å². The maximum Gasteiger partial charge on any atom is 0.213 e. The molecule has 2 unspecified atom stereocenters. The van der Waals surface area contributed by atoms with Crippen molar-refractivity contribution in [2.75, 3.05) is 46.0 Å². The average Bonchev–Trinajstić information content (AvgIpc) is 2.91. The molecule has 0 radical (unpaired) electrons.